The van der Waals surface area contributed by atoms with Crippen molar-refractivity contribution in [2.24, 2.45) is 0 Å². The molecule has 148 valence electrons. The van der Waals surface area contributed by atoms with Crippen LogP contribution >= 0.6 is 22.9 Å². The van der Waals surface area contributed by atoms with E-state index in [1.165, 1.54) is 11.3 Å². The highest BCUT2D eigenvalue weighted by Crippen LogP contribution is 2.41. The Morgan fingerprint density at radius 3 is 2.24 bits per heavy atom. The average Bonchev–Trinajstić information content (AvgIpc) is 3.32. The highest BCUT2D eigenvalue weighted by molar-refractivity contribution is 7.17. The Balaban J connectivity index is 1.72. The monoisotopic (exact) mass is 428 g/mol. The Hall–Kier alpha value is -3.10. The number of halogens is 1. The van der Waals surface area contributed by atoms with E-state index >= 15 is 0 Å². The van der Waals surface area contributed by atoms with E-state index in [-0.39, 0.29) is 0 Å². The van der Waals surface area contributed by atoms with Crippen molar-refractivity contribution in [2.45, 2.75) is 0 Å². The molecule has 0 spiro atoms. The number of benzene rings is 2. The third-order valence-electron chi connectivity index (χ3n) is 4.22. The Morgan fingerprint density at radius 2 is 1.62 bits per heavy atom. The Labute approximate surface area is 176 Å². The Morgan fingerprint density at radius 1 is 0.931 bits per heavy atom. The van der Waals surface area contributed by atoms with Gasteiger partial charge in [0.1, 0.15) is 5.01 Å². The van der Waals surface area contributed by atoms with Crippen molar-refractivity contribution >= 4 is 40.1 Å². The smallest absolute Gasteiger partial charge is 0.235 e. The van der Waals surface area contributed by atoms with E-state index in [1.54, 1.807) is 25.8 Å². The molecule has 4 aromatic rings. The molecule has 2 aromatic carbocycles. The van der Waals surface area contributed by atoms with Gasteiger partial charge in [0, 0.05) is 10.6 Å². The largest absolute Gasteiger partial charge is 0.493 e. The summed E-state index contributed by atoms with van der Waals surface area (Å²) in [6, 6.07) is 11.2. The molecule has 2 heterocycles. The lowest BCUT2D eigenvalue weighted by Crippen LogP contribution is -1.97. The zero-order valence-electron chi connectivity index (χ0n) is 15.9. The maximum absolute atomic E-state index is 5.93. The number of methoxy groups -OCH3 is 3. The first-order valence-corrected chi connectivity index (χ1v) is 9.78. The molecule has 0 saturated heterocycles. The lowest BCUT2D eigenvalue weighted by Gasteiger charge is -2.13. The fourth-order valence-corrected chi connectivity index (χ4v) is 3.70. The standard InChI is InChI=1S/C20H17ClN4O3S/c1-26-15-10-13(11-16(27-2)18(15)28-3)19-22-23-20-25(19)24-17(29-20)9-6-12-4-7-14(21)8-5-12/h4-11H,1-3H3. The number of ether oxygens (including phenoxy) is 3. The molecule has 0 aliphatic heterocycles. The molecule has 0 aliphatic rings. The van der Waals surface area contributed by atoms with Crippen LogP contribution in [0.15, 0.2) is 36.4 Å². The van der Waals surface area contributed by atoms with Crippen LogP contribution in [0.1, 0.15) is 10.6 Å². The van der Waals surface area contributed by atoms with Crippen LogP contribution < -0.4 is 14.2 Å². The number of hydrogen-bond donors (Lipinski definition) is 0. The van der Waals surface area contributed by atoms with Gasteiger partial charge in [0.2, 0.25) is 10.7 Å². The molecule has 0 fully saturated rings. The number of hydrogen-bond acceptors (Lipinski definition) is 7. The summed E-state index contributed by atoms with van der Waals surface area (Å²) < 4.78 is 17.9. The molecule has 9 heteroatoms. The van der Waals surface area contributed by atoms with Gasteiger partial charge in [-0.05, 0) is 35.9 Å². The molecular formula is C20H17ClN4O3S. The maximum Gasteiger partial charge on any atom is 0.235 e. The summed E-state index contributed by atoms with van der Waals surface area (Å²) in [4.78, 5) is 0.685. The number of fused-ring (bicyclic) bond motifs is 1. The number of nitrogens with zero attached hydrogens (tertiary/aromatic N) is 4. The number of rotatable bonds is 6. The van der Waals surface area contributed by atoms with Crippen LogP contribution in [-0.4, -0.2) is 41.1 Å². The van der Waals surface area contributed by atoms with Crippen LogP contribution in [0.4, 0.5) is 0 Å². The van der Waals surface area contributed by atoms with Crippen LogP contribution in [0.2, 0.25) is 5.02 Å². The Kier molecular flexibility index (Phi) is 5.37. The van der Waals surface area contributed by atoms with Crippen LogP contribution in [0.5, 0.6) is 17.2 Å². The van der Waals surface area contributed by atoms with Crippen molar-refractivity contribution in [3.63, 3.8) is 0 Å². The van der Waals surface area contributed by atoms with Gasteiger partial charge in [-0.25, -0.2) is 0 Å². The van der Waals surface area contributed by atoms with Crippen LogP contribution in [0, 0.1) is 0 Å². The van der Waals surface area contributed by atoms with E-state index < -0.39 is 0 Å². The lowest BCUT2D eigenvalue weighted by molar-refractivity contribution is 0.324. The summed E-state index contributed by atoms with van der Waals surface area (Å²) in [6.45, 7) is 0. The molecule has 7 nitrogen and oxygen atoms in total. The summed E-state index contributed by atoms with van der Waals surface area (Å²) in [5.41, 5.74) is 1.79. The van der Waals surface area contributed by atoms with Crippen LogP contribution in [-0.2, 0) is 0 Å². The molecule has 0 amide bonds. The highest BCUT2D eigenvalue weighted by atomic mass is 35.5. The molecule has 0 unspecified atom stereocenters. The van der Waals surface area contributed by atoms with Crippen molar-refractivity contribution in [1.82, 2.24) is 19.8 Å². The van der Waals surface area contributed by atoms with Gasteiger partial charge < -0.3 is 14.2 Å². The third kappa shape index (κ3) is 3.76. The molecule has 0 radical (unpaired) electrons. The first kappa shape index (κ1) is 19.2. The minimum absolute atomic E-state index is 0.518. The van der Waals surface area contributed by atoms with E-state index in [0.717, 1.165) is 16.1 Å². The van der Waals surface area contributed by atoms with Crippen molar-refractivity contribution in [1.29, 1.82) is 0 Å². The molecule has 0 atom stereocenters. The van der Waals surface area contributed by atoms with E-state index in [2.05, 4.69) is 15.3 Å². The second-order valence-corrected chi connectivity index (χ2v) is 7.38. The van der Waals surface area contributed by atoms with E-state index in [0.29, 0.717) is 33.1 Å². The van der Waals surface area contributed by atoms with Crippen LogP contribution in [0.25, 0.3) is 28.5 Å². The van der Waals surface area contributed by atoms with E-state index in [1.807, 2.05) is 48.6 Å². The van der Waals surface area contributed by atoms with Gasteiger partial charge in [-0.1, -0.05) is 41.1 Å². The van der Waals surface area contributed by atoms with Gasteiger partial charge in [0.05, 0.1) is 21.3 Å². The van der Waals surface area contributed by atoms with Crippen molar-refractivity contribution < 1.29 is 14.2 Å². The summed E-state index contributed by atoms with van der Waals surface area (Å²) in [5, 5.41) is 14.6. The molecule has 4 rings (SSSR count). The van der Waals surface area contributed by atoms with Crippen molar-refractivity contribution in [2.75, 3.05) is 21.3 Å². The minimum Gasteiger partial charge on any atom is -0.493 e. The van der Waals surface area contributed by atoms with Crippen molar-refractivity contribution in [3.8, 4) is 28.6 Å². The predicted molar refractivity (Wildman–Crippen MR) is 114 cm³/mol. The molecule has 0 N–H and O–H groups in total. The highest BCUT2D eigenvalue weighted by Gasteiger charge is 2.18. The topological polar surface area (TPSA) is 70.8 Å². The molecule has 0 saturated carbocycles. The second-order valence-electron chi connectivity index (χ2n) is 5.96. The van der Waals surface area contributed by atoms with Gasteiger partial charge >= 0.3 is 0 Å². The normalized spacial score (nSPS) is 11.3. The first-order chi connectivity index (χ1) is 14.1. The van der Waals surface area contributed by atoms with Crippen LogP contribution in [0.3, 0.4) is 0 Å². The molecule has 2 aromatic heterocycles. The molecule has 0 aliphatic carbocycles. The minimum atomic E-state index is 0.518. The fraction of sp³-hybridized carbons (Fsp3) is 0.150. The quantitative estimate of drug-likeness (QED) is 0.443. The Bertz CT molecular complexity index is 1160. The first-order valence-electron chi connectivity index (χ1n) is 8.59. The third-order valence-corrected chi connectivity index (χ3v) is 5.33. The predicted octanol–water partition coefficient (Wildman–Crippen LogP) is 4.70. The van der Waals surface area contributed by atoms with Crippen molar-refractivity contribution in [3.05, 3.63) is 52.0 Å². The molecular weight excluding hydrogens is 412 g/mol. The summed E-state index contributed by atoms with van der Waals surface area (Å²) in [5.74, 6) is 2.18. The van der Waals surface area contributed by atoms with Gasteiger partial charge in [-0.15, -0.1) is 10.2 Å². The van der Waals surface area contributed by atoms with Gasteiger partial charge in [0.25, 0.3) is 0 Å². The second kappa shape index (κ2) is 8.10. The zero-order valence-corrected chi connectivity index (χ0v) is 17.5. The SMILES string of the molecule is COc1cc(-c2nnc3sc(C=Cc4ccc(Cl)cc4)nn23)cc(OC)c1OC. The number of aromatic nitrogens is 4. The van der Waals surface area contributed by atoms with Gasteiger partial charge in [-0.3, -0.25) is 0 Å². The van der Waals surface area contributed by atoms with Gasteiger partial charge in [0.15, 0.2) is 17.3 Å². The molecule has 0 bridgehead atoms. The fourth-order valence-electron chi connectivity index (χ4n) is 2.83. The average molecular weight is 429 g/mol. The summed E-state index contributed by atoms with van der Waals surface area (Å²) in [6.07, 6.45) is 3.91. The van der Waals surface area contributed by atoms with E-state index in [9.17, 15) is 0 Å². The molecule has 29 heavy (non-hydrogen) atoms. The zero-order chi connectivity index (χ0) is 20.4. The lowest BCUT2D eigenvalue weighted by atomic mass is 10.1. The van der Waals surface area contributed by atoms with E-state index in [4.69, 9.17) is 25.8 Å². The van der Waals surface area contributed by atoms with Gasteiger partial charge in [-0.2, -0.15) is 9.61 Å². The summed E-state index contributed by atoms with van der Waals surface area (Å²) in [7, 11) is 4.71. The summed E-state index contributed by atoms with van der Waals surface area (Å²) >= 11 is 7.37. The maximum atomic E-state index is 5.93.